The van der Waals surface area contributed by atoms with Crippen LogP contribution in [0.3, 0.4) is 0 Å². The van der Waals surface area contributed by atoms with Gasteiger partial charge in [0, 0.05) is 38.5 Å². The minimum atomic E-state index is 0.176. The Hall–Kier alpha value is -1.35. The Labute approximate surface area is 122 Å². The van der Waals surface area contributed by atoms with Crippen molar-refractivity contribution in [1.29, 1.82) is 0 Å². The number of hydrogen-bond donors (Lipinski definition) is 1. The molecule has 1 aliphatic rings. The van der Waals surface area contributed by atoms with E-state index in [0.717, 1.165) is 19.6 Å². The minimum absolute atomic E-state index is 0.176. The predicted molar refractivity (Wildman–Crippen MR) is 82.8 cm³/mol. The van der Waals surface area contributed by atoms with Gasteiger partial charge in [-0.2, -0.15) is 0 Å². The number of carbonyl (C=O) groups excluding carboxylic acids is 1. The Bertz CT molecular complexity index is 453. The maximum Gasteiger partial charge on any atom is 0.219 e. The van der Waals surface area contributed by atoms with Crippen LogP contribution in [0.2, 0.25) is 0 Å². The average molecular weight is 274 g/mol. The normalized spacial score (nSPS) is 22.2. The van der Waals surface area contributed by atoms with Crippen LogP contribution in [0.5, 0.6) is 0 Å². The van der Waals surface area contributed by atoms with E-state index in [1.165, 1.54) is 11.1 Å². The second-order valence-electron chi connectivity index (χ2n) is 6.20. The lowest BCUT2D eigenvalue weighted by molar-refractivity contribution is -0.131. The van der Waals surface area contributed by atoms with Gasteiger partial charge in [0.25, 0.3) is 0 Å². The zero-order valence-electron chi connectivity index (χ0n) is 13.0. The molecule has 3 nitrogen and oxygen atoms in total. The lowest BCUT2D eigenvalue weighted by Crippen LogP contribution is -2.40. The van der Waals surface area contributed by atoms with Crippen LogP contribution in [0.15, 0.2) is 24.3 Å². The van der Waals surface area contributed by atoms with Crippen LogP contribution >= 0.6 is 0 Å². The van der Waals surface area contributed by atoms with Crippen molar-refractivity contribution >= 4 is 5.91 Å². The van der Waals surface area contributed by atoms with E-state index in [4.69, 9.17) is 0 Å². The fourth-order valence-electron chi connectivity index (χ4n) is 3.08. The second kappa shape index (κ2) is 6.40. The number of aryl methyl sites for hydroxylation is 1. The van der Waals surface area contributed by atoms with Gasteiger partial charge in [-0.25, -0.2) is 0 Å². The summed E-state index contributed by atoms with van der Waals surface area (Å²) in [5, 5.41) is 3.48. The van der Waals surface area contributed by atoms with Crippen molar-refractivity contribution in [2.24, 2.45) is 5.92 Å². The largest absolute Gasteiger partial charge is 0.340 e. The van der Waals surface area contributed by atoms with Crippen LogP contribution in [0.4, 0.5) is 0 Å². The van der Waals surface area contributed by atoms with Crippen molar-refractivity contribution < 1.29 is 4.79 Å². The van der Waals surface area contributed by atoms with Gasteiger partial charge in [-0.15, -0.1) is 0 Å². The van der Waals surface area contributed by atoms with E-state index in [0.29, 0.717) is 11.8 Å². The Morgan fingerprint density at radius 3 is 2.50 bits per heavy atom. The van der Waals surface area contributed by atoms with Gasteiger partial charge in [-0.1, -0.05) is 29.8 Å². The number of rotatable bonds is 4. The zero-order valence-corrected chi connectivity index (χ0v) is 13.0. The molecule has 0 saturated carbocycles. The molecule has 1 amide bonds. The van der Waals surface area contributed by atoms with Gasteiger partial charge >= 0.3 is 0 Å². The number of nitrogens with one attached hydrogen (secondary N) is 1. The minimum Gasteiger partial charge on any atom is -0.340 e. The molecular formula is C17H26N2O. The number of benzene rings is 1. The van der Waals surface area contributed by atoms with Crippen LogP contribution in [0.25, 0.3) is 0 Å². The summed E-state index contributed by atoms with van der Waals surface area (Å²) in [6, 6.07) is 9.08. The van der Waals surface area contributed by atoms with E-state index in [9.17, 15) is 4.79 Å². The monoisotopic (exact) mass is 274 g/mol. The van der Waals surface area contributed by atoms with Gasteiger partial charge < -0.3 is 10.2 Å². The number of nitrogens with zero attached hydrogens (tertiary/aromatic N) is 1. The third-order valence-corrected chi connectivity index (χ3v) is 4.30. The van der Waals surface area contributed by atoms with Crippen molar-refractivity contribution in [3.05, 3.63) is 35.4 Å². The summed E-state index contributed by atoms with van der Waals surface area (Å²) >= 11 is 0. The molecule has 2 atom stereocenters. The van der Waals surface area contributed by atoms with Crippen LogP contribution in [0, 0.1) is 12.8 Å². The molecule has 2 rings (SSSR count). The maximum atomic E-state index is 11.8. The van der Waals surface area contributed by atoms with E-state index < -0.39 is 0 Å². The molecule has 0 bridgehead atoms. The first-order chi connectivity index (χ1) is 9.49. The van der Waals surface area contributed by atoms with E-state index in [2.05, 4.69) is 50.4 Å². The second-order valence-corrected chi connectivity index (χ2v) is 6.20. The first-order valence-electron chi connectivity index (χ1n) is 7.53. The Kier molecular flexibility index (Phi) is 4.81. The highest BCUT2D eigenvalue weighted by atomic mass is 16.2. The number of carbonyl (C=O) groups is 1. The molecule has 20 heavy (non-hydrogen) atoms. The zero-order chi connectivity index (χ0) is 14.7. The fourth-order valence-corrected chi connectivity index (χ4v) is 3.08. The SMILES string of the molecule is CC(=O)N(CC1CNCC1c1ccc(C)cc1)C(C)C. The molecule has 3 heteroatoms. The van der Waals surface area contributed by atoms with Gasteiger partial charge in [0.2, 0.25) is 5.91 Å². The van der Waals surface area contributed by atoms with Gasteiger partial charge in [0.15, 0.2) is 0 Å². The van der Waals surface area contributed by atoms with Gasteiger partial charge in [0.05, 0.1) is 0 Å². The molecule has 1 heterocycles. The van der Waals surface area contributed by atoms with Crippen molar-refractivity contribution in [3.8, 4) is 0 Å². The first kappa shape index (κ1) is 15.0. The fraction of sp³-hybridized carbons (Fsp3) is 0.588. The Balaban J connectivity index is 2.11. The van der Waals surface area contributed by atoms with Crippen LogP contribution in [0.1, 0.15) is 37.8 Å². The molecule has 2 unspecified atom stereocenters. The summed E-state index contributed by atoms with van der Waals surface area (Å²) in [5.74, 6) is 1.19. The lowest BCUT2D eigenvalue weighted by Gasteiger charge is -2.30. The molecule has 1 aromatic carbocycles. The van der Waals surface area contributed by atoms with Gasteiger partial charge in [-0.05, 0) is 32.3 Å². The molecular weight excluding hydrogens is 248 g/mol. The van der Waals surface area contributed by atoms with Crippen molar-refractivity contribution in [2.45, 2.75) is 39.7 Å². The summed E-state index contributed by atoms with van der Waals surface area (Å²) in [5.41, 5.74) is 2.68. The highest BCUT2D eigenvalue weighted by Crippen LogP contribution is 2.29. The Morgan fingerprint density at radius 2 is 1.95 bits per heavy atom. The maximum absolute atomic E-state index is 11.8. The smallest absolute Gasteiger partial charge is 0.219 e. The van der Waals surface area contributed by atoms with Crippen LogP contribution in [-0.2, 0) is 4.79 Å². The van der Waals surface area contributed by atoms with E-state index in [1.54, 1.807) is 6.92 Å². The van der Waals surface area contributed by atoms with Gasteiger partial charge in [0.1, 0.15) is 0 Å². The standard InChI is InChI=1S/C17H26N2O/c1-12(2)19(14(4)20)11-16-9-18-10-17(16)15-7-5-13(3)6-8-15/h5-8,12,16-18H,9-11H2,1-4H3. The number of hydrogen-bond acceptors (Lipinski definition) is 2. The lowest BCUT2D eigenvalue weighted by atomic mass is 9.88. The quantitative estimate of drug-likeness (QED) is 0.915. The molecule has 1 N–H and O–H groups in total. The summed E-state index contributed by atoms with van der Waals surface area (Å²) < 4.78 is 0. The highest BCUT2D eigenvalue weighted by Gasteiger charge is 2.31. The topological polar surface area (TPSA) is 32.3 Å². The van der Waals surface area contributed by atoms with E-state index in [-0.39, 0.29) is 11.9 Å². The molecule has 0 spiro atoms. The summed E-state index contributed by atoms with van der Waals surface area (Å²) in [6.07, 6.45) is 0. The molecule has 1 fully saturated rings. The summed E-state index contributed by atoms with van der Waals surface area (Å²) in [7, 11) is 0. The van der Waals surface area contributed by atoms with Gasteiger partial charge in [-0.3, -0.25) is 4.79 Å². The van der Waals surface area contributed by atoms with Crippen molar-refractivity contribution in [2.75, 3.05) is 19.6 Å². The first-order valence-corrected chi connectivity index (χ1v) is 7.53. The molecule has 1 aromatic rings. The van der Waals surface area contributed by atoms with Crippen molar-refractivity contribution in [1.82, 2.24) is 10.2 Å². The van der Waals surface area contributed by atoms with Crippen molar-refractivity contribution in [3.63, 3.8) is 0 Å². The van der Waals surface area contributed by atoms with Crippen LogP contribution < -0.4 is 5.32 Å². The van der Waals surface area contributed by atoms with E-state index in [1.807, 2.05) is 4.90 Å². The molecule has 1 saturated heterocycles. The molecule has 0 aliphatic carbocycles. The summed E-state index contributed by atoms with van der Waals surface area (Å²) in [4.78, 5) is 13.8. The predicted octanol–water partition coefficient (Wildman–Crippen LogP) is 2.55. The molecule has 0 radical (unpaired) electrons. The summed E-state index contributed by atoms with van der Waals surface area (Å²) in [6.45, 7) is 10.8. The molecule has 1 aliphatic heterocycles. The van der Waals surface area contributed by atoms with E-state index >= 15 is 0 Å². The third kappa shape index (κ3) is 3.40. The molecule has 110 valence electrons. The Morgan fingerprint density at radius 1 is 1.30 bits per heavy atom. The molecule has 0 aromatic heterocycles. The highest BCUT2D eigenvalue weighted by molar-refractivity contribution is 5.73. The average Bonchev–Trinajstić information content (AvgIpc) is 2.84. The third-order valence-electron chi connectivity index (χ3n) is 4.30. The number of amides is 1. The van der Waals surface area contributed by atoms with Crippen LogP contribution in [-0.4, -0.2) is 36.5 Å².